The Hall–Kier alpha value is -1.93. The second kappa shape index (κ2) is 4.78. The van der Waals surface area contributed by atoms with Crippen LogP contribution < -0.4 is 0 Å². The molecule has 0 aliphatic carbocycles. The number of fused-ring (bicyclic) bond motifs is 2. The first-order valence-corrected chi connectivity index (χ1v) is 8.43. The van der Waals surface area contributed by atoms with Crippen LogP contribution in [0.2, 0.25) is 0 Å². The van der Waals surface area contributed by atoms with E-state index in [1.807, 2.05) is 25.1 Å². The third kappa shape index (κ3) is 2.01. The molecule has 1 amide bonds. The van der Waals surface area contributed by atoms with Crippen LogP contribution in [0.15, 0.2) is 11.6 Å². The predicted molar refractivity (Wildman–Crippen MR) is 84.8 cm³/mol. The van der Waals surface area contributed by atoms with E-state index >= 15 is 0 Å². The molecule has 0 spiro atoms. The largest absolute Gasteiger partial charge is 0.481 e. The van der Waals surface area contributed by atoms with Gasteiger partial charge in [-0.25, -0.2) is 4.98 Å². The minimum absolute atomic E-state index is 0.00685. The predicted octanol–water partition coefficient (Wildman–Crippen LogP) is 0.793. The number of rotatable bonds is 2. The van der Waals surface area contributed by atoms with E-state index in [4.69, 9.17) is 0 Å². The van der Waals surface area contributed by atoms with Gasteiger partial charge in [0.05, 0.1) is 5.69 Å². The lowest BCUT2D eigenvalue weighted by Crippen LogP contribution is -2.41. The van der Waals surface area contributed by atoms with Gasteiger partial charge in [0.1, 0.15) is 11.1 Å². The molecule has 1 N–H and O–H groups in total. The molecule has 122 valence electrons. The Kier molecular flexibility index (Phi) is 3.05. The normalized spacial score (nSPS) is 27.7. The van der Waals surface area contributed by atoms with Gasteiger partial charge in [-0.1, -0.05) is 0 Å². The number of aryl methyl sites for hydroxylation is 1. The fourth-order valence-electron chi connectivity index (χ4n) is 3.99. The maximum Gasteiger partial charge on any atom is 0.313 e. The number of imidazole rings is 1. The van der Waals surface area contributed by atoms with Crippen LogP contribution in [0.25, 0.3) is 4.96 Å². The van der Waals surface area contributed by atoms with Crippen molar-refractivity contribution >= 4 is 28.2 Å². The Balaban J connectivity index is 1.65. The van der Waals surface area contributed by atoms with E-state index in [1.165, 1.54) is 11.3 Å². The van der Waals surface area contributed by atoms with Gasteiger partial charge in [0, 0.05) is 43.7 Å². The van der Waals surface area contributed by atoms with Crippen molar-refractivity contribution in [3.05, 3.63) is 23.0 Å². The summed E-state index contributed by atoms with van der Waals surface area (Å²) in [6, 6.07) is 0. The third-order valence-electron chi connectivity index (χ3n) is 5.04. The van der Waals surface area contributed by atoms with Crippen molar-refractivity contribution in [1.29, 1.82) is 0 Å². The molecule has 2 atom stereocenters. The summed E-state index contributed by atoms with van der Waals surface area (Å²) >= 11 is 1.43. The molecular weight excluding hydrogens is 316 g/mol. The van der Waals surface area contributed by atoms with E-state index in [1.54, 1.807) is 14.7 Å². The number of hydrogen-bond donors (Lipinski definition) is 1. The maximum absolute atomic E-state index is 12.9. The standard InChI is InChI=1S/C15H18N4O3S/c1-9-3-19-11(6-23-14(19)16-9)12(20)18-5-10-4-17(2)7-15(10,8-18)13(21)22/h3,6,10H,4-5,7-8H2,1-2H3,(H,21,22)/t10-,15-/m0/s1. The van der Waals surface area contributed by atoms with E-state index < -0.39 is 11.4 Å². The van der Waals surface area contributed by atoms with Crippen molar-refractivity contribution in [2.45, 2.75) is 6.92 Å². The van der Waals surface area contributed by atoms with Crippen molar-refractivity contribution < 1.29 is 14.7 Å². The zero-order valence-electron chi connectivity index (χ0n) is 13.0. The number of hydrogen-bond acceptors (Lipinski definition) is 5. The molecule has 0 radical (unpaired) electrons. The summed E-state index contributed by atoms with van der Waals surface area (Å²) in [6.07, 6.45) is 1.84. The molecule has 2 aliphatic heterocycles. The topological polar surface area (TPSA) is 78.2 Å². The molecule has 0 unspecified atom stereocenters. The number of aliphatic carboxylic acids is 1. The molecule has 23 heavy (non-hydrogen) atoms. The molecule has 2 fully saturated rings. The maximum atomic E-state index is 12.9. The molecule has 7 nitrogen and oxygen atoms in total. The summed E-state index contributed by atoms with van der Waals surface area (Å²) < 4.78 is 1.80. The number of amides is 1. The lowest BCUT2D eigenvalue weighted by atomic mass is 9.81. The third-order valence-corrected chi connectivity index (χ3v) is 5.88. The van der Waals surface area contributed by atoms with Crippen LogP contribution >= 0.6 is 11.3 Å². The lowest BCUT2D eigenvalue weighted by molar-refractivity contribution is -0.148. The zero-order valence-corrected chi connectivity index (χ0v) is 13.8. The zero-order chi connectivity index (χ0) is 16.4. The Labute approximate surface area is 137 Å². The SMILES string of the molecule is Cc1cn2c(C(=O)N3C[C@@H]4CN(C)C[C@]4(C(=O)O)C3)csc2n1. The molecule has 8 heteroatoms. The Morgan fingerprint density at radius 2 is 2.17 bits per heavy atom. The molecule has 4 heterocycles. The van der Waals surface area contributed by atoms with Gasteiger partial charge in [-0.05, 0) is 14.0 Å². The summed E-state index contributed by atoms with van der Waals surface area (Å²) in [5.41, 5.74) is 0.608. The minimum atomic E-state index is -0.829. The van der Waals surface area contributed by atoms with Gasteiger partial charge >= 0.3 is 5.97 Å². The van der Waals surface area contributed by atoms with Crippen LogP contribution in [-0.4, -0.2) is 69.4 Å². The second-order valence-corrected chi connectivity index (χ2v) is 7.53. The smallest absolute Gasteiger partial charge is 0.313 e. The van der Waals surface area contributed by atoms with Gasteiger partial charge in [0.25, 0.3) is 5.91 Å². The van der Waals surface area contributed by atoms with Crippen LogP contribution in [0.5, 0.6) is 0 Å². The molecule has 2 aliphatic rings. The quantitative estimate of drug-likeness (QED) is 0.879. The molecule has 0 saturated carbocycles. The van der Waals surface area contributed by atoms with Crippen LogP contribution in [0.3, 0.4) is 0 Å². The number of carbonyl (C=O) groups excluding carboxylic acids is 1. The van der Waals surface area contributed by atoms with Crippen LogP contribution in [0.4, 0.5) is 0 Å². The number of thiazole rings is 1. The number of aromatic nitrogens is 2. The summed E-state index contributed by atoms with van der Waals surface area (Å²) in [7, 11) is 1.94. The first-order chi connectivity index (χ1) is 10.9. The Morgan fingerprint density at radius 1 is 1.39 bits per heavy atom. The summed E-state index contributed by atoms with van der Waals surface area (Å²) in [5, 5.41) is 11.5. The summed E-state index contributed by atoms with van der Waals surface area (Å²) in [6.45, 7) is 3.89. The lowest BCUT2D eigenvalue weighted by Gasteiger charge is -2.24. The van der Waals surface area contributed by atoms with E-state index in [2.05, 4.69) is 4.98 Å². The fraction of sp³-hybridized carbons (Fsp3) is 0.533. The van der Waals surface area contributed by atoms with Crippen molar-refractivity contribution in [3.63, 3.8) is 0 Å². The van der Waals surface area contributed by atoms with Gasteiger partial charge in [-0.2, -0.15) is 0 Å². The molecule has 0 aromatic carbocycles. The summed E-state index contributed by atoms with van der Waals surface area (Å²) in [4.78, 5) is 33.6. The summed E-state index contributed by atoms with van der Waals surface area (Å²) in [5.74, 6) is -0.907. The highest BCUT2D eigenvalue weighted by atomic mass is 32.1. The Morgan fingerprint density at radius 3 is 2.87 bits per heavy atom. The van der Waals surface area contributed by atoms with Gasteiger partial charge in [0.2, 0.25) is 0 Å². The highest BCUT2D eigenvalue weighted by Gasteiger charge is 2.57. The van der Waals surface area contributed by atoms with E-state index in [0.717, 1.165) is 17.2 Å². The number of carbonyl (C=O) groups is 2. The van der Waals surface area contributed by atoms with Gasteiger partial charge < -0.3 is 14.9 Å². The first kappa shape index (κ1) is 14.6. The van der Waals surface area contributed by atoms with Gasteiger partial charge in [0.15, 0.2) is 4.96 Å². The number of nitrogens with zero attached hydrogens (tertiary/aromatic N) is 4. The molecule has 2 aromatic rings. The van der Waals surface area contributed by atoms with Crippen molar-refractivity contribution in [2.75, 3.05) is 33.2 Å². The monoisotopic (exact) mass is 334 g/mol. The molecular formula is C15H18N4O3S. The van der Waals surface area contributed by atoms with Crippen LogP contribution in [-0.2, 0) is 4.79 Å². The van der Waals surface area contributed by atoms with Crippen molar-refractivity contribution in [3.8, 4) is 0 Å². The molecule has 4 rings (SSSR count). The number of carboxylic acids is 1. The fourth-order valence-corrected chi connectivity index (χ4v) is 4.88. The highest BCUT2D eigenvalue weighted by molar-refractivity contribution is 7.15. The first-order valence-electron chi connectivity index (χ1n) is 7.55. The average Bonchev–Trinajstić information content (AvgIpc) is 3.15. The molecule has 0 bridgehead atoms. The molecule has 2 aromatic heterocycles. The highest BCUT2D eigenvalue weighted by Crippen LogP contribution is 2.42. The average molecular weight is 334 g/mol. The minimum Gasteiger partial charge on any atom is -0.481 e. The van der Waals surface area contributed by atoms with Crippen LogP contribution in [0, 0.1) is 18.3 Å². The van der Waals surface area contributed by atoms with E-state index in [0.29, 0.717) is 18.8 Å². The number of likely N-dealkylation sites (tertiary alicyclic amines) is 2. The van der Waals surface area contributed by atoms with E-state index in [9.17, 15) is 14.7 Å². The van der Waals surface area contributed by atoms with E-state index in [-0.39, 0.29) is 18.4 Å². The second-order valence-electron chi connectivity index (χ2n) is 6.70. The van der Waals surface area contributed by atoms with Gasteiger partial charge in [-0.15, -0.1) is 11.3 Å². The Bertz CT molecular complexity index is 813. The molecule has 2 saturated heterocycles. The van der Waals surface area contributed by atoms with Crippen molar-refractivity contribution in [1.82, 2.24) is 19.2 Å². The van der Waals surface area contributed by atoms with Gasteiger partial charge in [-0.3, -0.25) is 14.0 Å². The van der Waals surface area contributed by atoms with Crippen LogP contribution in [0.1, 0.15) is 16.2 Å². The van der Waals surface area contributed by atoms with Crippen molar-refractivity contribution in [2.24, 2.45) is 11.3 Å². The number of carboxylic acid groups (broad SMARTS) is 1.